The Bertz CT molecular complexity index is 1370. The van der Waals surface area contributed by atoms with E-state index in [2.05, 4.69) is 30.6 Å². The number of hydrogen-bond acceptors (Lipinski definition) is 10. The summed E-state index contributed by atoms with van der Waals surface area (Å²) in [4.78, 5) is 72.9. The lowest BCUT2D eigenvalue weighted by Crippen LogP contribution is -2.27. The van der Waals surface area contributed by atoms with Crippen LogP contribution in [0.4, 0.5) is 11.8 Å². The zero-order valence-corrected chi connectivity index (χ0v) is 19.6. The van der Waals surface area contributed by atoms with Crippen molar-refractivity contribution in [2.75, 3.05) is 17.6 Å². The van der Waals surface area contributed by atoms with Gasteiger partial charge in [-0.05, 0) is 12.0 Å². The van der Waals surface area contributed by atoms with Crippen molar-refractivity contribution in [1.82, 2.24) is 25.3 Å². The maximum absolute atomic E-state index is 12.6. The van der Waals surface area contributed by atoms with Crippen LogP contribution in [0.5, 0.6) is 0 Å². The van der Waals surface area contributed by atoms with Gasteiger partial charge >= 0.3 is 11.9 Å². The first-order valence-corrected chi connectivity index (χ1v) is 11.2. The minimum atomic E-state index is -1.19. The number of nitrogens with zero attached hydrogens (tertiary/aromatic N) is 3. The Hall–Kier alpha value is -4.88. The van der Waals surface area contributed by atoms with Gasteiger partial charge < -0.3 is 26.6 Å². The summed E-state index contributed by atoms with van der Waals surface area (Å²) in [7, 11) is 0. The Morgan fingerprint density at radius 1 is 1.05 bits per heavy atom. The minimum absolute atomic E-state index is 0.0332. The minimum Gasteiger partial charge on any atom is -0.481 e. The van der Waals surface area contributed by atoms with Crippen molar-refractivity contribution in [3.63, 3.8) is 0 Å². The number of hydrogen-bond donors (Lipinski definition) is 6. The number of Topliss-reactive ketones (excluding diaryl/α,β-unsaturated/α-hetero) is 1. The molecule has 0 radical (unpaired) electrons. The van der Waals surface area contributed by atoms with E-state index in [1.807, 2.05) is 0 Å². The molecule has 1 unspecified atom stereocenters. The van der Waals surface area contributed by atoms with Crippen molar-refractivity contribution in [2.45, 2.75) is 32.2 Å². The summed E-state index contributed by atoms with van der Waals surface area (Å²) in [5.74, 6) is -3.89. The van der Waals surface area contributed by atoms with Gasteiger partial charge in [0.25, 0.3) is 5.56 Å². The second kappa shape index (κ2) is 12.2. The molecule has 0 bridgehead atoms. The summed E-state index contributed by atoms with van der Waals surface area (Å²) in [6, 6.07) is 6.52. The summed E-state index contributed by atoms with van der Waals surface area (Å²) >= 11 is 0. The number of carbonyl (C=O) groups is 4. The quantitative estimate of drug-likeness (QED) is 0.173. The third-order valence-corrected chi connectivity index (χ3v) is 5.35. The summed E-state index contributed by atoms with van der Waals surface area (Å²) in [6.45, 7) is 0.258. The number of aromatic nitrogens is 4. The number of carboxylic acids is 2. The van der Waals surface area contributed by atoms with Gasteiger partial charge in [0.05, 0.1) is 18.5 Å². The lowest BCUT2D eigenvalue weighted by molar-refractivity contribution is -0.142. The topological polar surface area (TPSA) is 230 Å². The van der Waals surface area contributed by atoms with Gasteiger partial charge in [-0.2, -0.15) is 4.98 Å². The van der Waals surface area contributed by atoms with E-state index < -0.39 is 29.3 Å². The number of aromatic amines is 1. The summed E-state index contributed by atoms with van der Waals surface area (Å²) < 4.78 is 0. The number of fused-ring (bicyclic) bond motifs is 1. The summed E-state index contributed by atoms with van der Waals surface area (Å²) in [5, 5.41) is 23.4. The highest BCUT2D eigenvalue weighted by Crippen LogP contribution is 2.17. The molecule has 0 aliphatic carbocycles. The highest BCUT2D eigenvalue weighted by Gasteiger charge is 2.23. The molecule has 0 aliphatic heterocycles. The Kier molecular flexibility index (Phi) is 8.81. The lowest BCUT2D eigenvalue weighted by atomic mass is 9.93. The van der Waals surface area contributed by atoms with Crippen molar-refractivity contribution in [1.29, 1.82) is 0 Å². The first-order chi connectivity index (χ1) is 17.6. The average molecular weight is 511 g/mol. The molecule has 14 nitrogen and oxygen atoms in total. The van der Waals surface area contributed by atoms with E-state index in [1.54, 1.807) is 24.3 Å². The molecule has 3 rings (SSSR count). The monoisotopic (exact) mass is 511 g/mol. The molecule has 2 heterocycles. The summed E-state index contributed by atoms with van der Waals surface area (Å²) in [5.41, 5.74) is 6.23. The van der Waals surface area contributed by atoms with Crippen LogP contribution in [0.15, 0.2) is 35.3 Å². The molecule has 1 amide bonds. The number of benzene rings is 1. The summed E-state index contributed by atoms with van der Waals surface area (Å²) in [6.07, 6.45) is 0.696. The predicted molar refractivity (Wildman–Crippen MR) is 131 cm³/mol. The van der Waals surface area contributed by atoms with Crippen LogP contribution in [0.1, 0.15) is 41.6 Å². The molecule has 0 aliphatic rings. The van der Waals surface area contributed by atoms with Gasteiger partial charge in [0.15, 0.2) is 16.9 Å². The van der Waals surface area contributed by atoms with E-state index in [0.29, 0.717) is 17.9 Å². The molecule has 14 heteroatoms. The number of anilines is 2. The van der Waals surface area contributed by atoms with Gasteiger partial charge in [0, 0.05) is 31.5 Å². The average Bonchev–Trinajstić information content (AvgIpc) is 2.85. The molecule has 0 fully saturated rings. The molecule has 1 aromatic carbocycles. The predicted octanol–water partition coefficient (Wildman–Crippen LogP) is 0.552. The molecule has 0 saturated carbocycles. The van der Waals surface area contributed by atoms with Crippen LogP contribution >= 0.6 is 0 Å². The number of nitrogens with two attached hydrogens (primary N) is 1. The van der Waals surface area contributed by atoms with Gasteiger partial charge in [-0.3, -0.25) is 29.0 Å². The van der Waals surface area contributed by atoms with Crippen LogP contribution in [-0.4, -0.2) is 60.3 Å². The fourth-order valence-electron chi connectivity index (χ4n) is 3.38. The van der Waals surface area contributed by atoms with Crippen LogP contribution in [0.25, 0.3) is 11.2 Å². The van der Waals surface area contributed by atoms with E-state index in [4.69, 9.17) is 10.8 Å². The third kappa shape index (κ3) is 7.81. The van der Waals surface area contributed by atoms with Crippen molar-refractivity contribution >= 4 is 46.6 Å². The largest absolute Gasteiger partial charge is 0.481 e. The molecule has 194 valence electrons. The number of aliphatic carboxylic acids is 2. The number of rotatable bonds is 13. The molecule has 37 heavy (non-hydrogen) atoms. The van der Waals surface area contributed by atoms with E-state index >= 15 is 0 Å². The second-order valence-corrected chi connectivity index (χ2v) is 8.12. The number of carbonyl (C=O) groups excluding carboxylic acids is 2. The van der Waals surface area contributed by atoms with Gasteiger partial charge in [-0.1, -0.05) is 24.3 Å². The van der Waals surface area contributed by atoms with Crippen molar-refractivity contribution < 1.29 is 29.4 Å². The van der Waals surface area contributed by atoms with Crippen LogP contribution in [0, 0.1) is 5.92 Å². The number of amides is 1. The normalized spacial score (nSPS) is 11.6. The number of ketones is 1. The van der Waals surface area contributed by atoms with E-state index in [1.165, 1.54) is 6.20 Å². The fraction of sp³-hybridized carbons (Fsp3) is 0.304. The molecule has 7 N–H and O–H groups in total. The van der Waals surface area contributed by atoms with Gasteiger partial charge in [0.1, 0.15) is 5.82 Å². The Balaban J connectivity index is 1.53. The maximum Gasteiger partial charge on any atom is 0.306 e. The van der Waals surface area contributed by atoms with Crippen molar-refractivity contribution in [3.05, 3.63) is 51.9 Å². The van der Waals surface area contributed by atoms with E-state index in [0.717, 1.165) is 5.56 Å². The standard InChI is InChI=1S/C23H25N7O7/c24-23-29-20-19(21(35)30-23)28-16(11-27-20)26-10-12-1-3-13(4-2-12)15(31)9-14(22(36)37)5-6-17(32)25-8-7-18(33)34/h1-4,11,14H,5-10H2,(H,25,32)(H,26,28)(H,33,34)(H,36,37)(H3,24,27,29,30,35). The first kappa shape index (κ1) is 26.7. The number of H-pyrrole nitrogens is 1. The van der Waals surface area contributed by atoms with Crippen molar-refractivity contribution in [2.24, 2.45) is 5.92 Å². The fourth-order valence-corrected chi connectivity index (χ4v) is 3.38. The molecular formula is C23H25N7O7. The number of nitrogen functional groups attached to an aromatic ring is 1. The highest BCUT2D eigenvalue weighted by molar-refractivity contribution is 5.98. The SMILES string of the molecule is Nc1nc2ncc(NCc3ccc(C(=O)CC(CCC(=O)NCCC(=O)O)C(=O)O)cc3)nc2c(=O)[nH]1. The molecule has 0 saturated heterocycles. The molecule has 2 aromatic heterocycles. The smallest absolute Gasteiger partial charge is 0.306 e. The molecular weight excluding hydrogens is 486 g/mol. The van der Waals surface area contributed by atoms with Gasteiger partial charge in [0.2, 0.25) is 11.9 Å². The van der Waals surface area contributed by atoms with Gasteiger partial charge in [-0.25, -0.2) is 9.97 Å². The molecule has 3 aromatic rings. The van der Waals surface area contributed by atoms with E-state index in [9.17, 15) is 29.1 Å². The number of nitrogens with one attached hydrogen (secondary N) is 3. The molecule has 0 spiro atoms. The van der Waals surface area contributed by atoms with Crippen LogP contribution in [-0.2, 0) is 20.9 Å². The Labute approximate surface area is 209 Å². The zero-order valence-electron chi connectivity index (χ0n) is 19.6. The van der Waals surface area contributed by atoms with Gasteiger partial charge in [-0.15, -0.1) is 0 Å². The second-order valence-electron chi connectivity index (χ2n) is 8.12. The van der Waals surface area contributed by atoms with Crippen molar-refractivity contribution in [3.8, 4) is 0 Å². The Morgan fingerprint density at radius 3 is 2.46 bits per heavy atom. The van der Waals surface area contributed by atoms with Crippen LogP contribution < -0.4 is 21.9 Å². The number of carboxylic acid groups (broad SMARTS) is 2. The van der Waals surface area contributed by atoms with E-state index in [-0.39, 0.29) is 55.1 Å². The zero-order chi connectivity index (χ0) is 26.9. The van der Waals surface area contributed by atoms with Crippen LogP contribution in [0.2, 0.25) is 0 Å². The Morgan fingerprint density at radius 2 is 1.78 bits per heavy atom. The third-order valence-electron chi connectivity index (χ3n) is 5.35. The molecule has 1 atom stereocenters. The highest BCUT2D eigenvalue weighted by atomic mass is 16.4. The van der Waals surface area contributed by atoms with Crippen LogP contribution in [0.3, 0.4) is 0 Å². The first-order valence-electron chi connectivity index (χ1n) is 11.2. The lowest BCUT2D eigenvalue weighted by Gasteiger charge is -2.12. The maximum atomic E-state index is 12.6.